The Morgan fingerprint density at radius 3 is 2.91 bits per heavy atom. The Labute approximate surface area is 130 Å². The van der Waals surface area contributed by atoms with Crippen molar-refractivity contribution in [1.82, 2.24) is 24.2 Å². The lowest BCUT2D eigenvalue weighted by Gasteiger charge is -2.20. The van der Waals surface area contributed by atoms with Crippen LogP contribution >= 0.6 is 0 Å². The van der Waals surface area contributed by atoms with Crippen molar-refractivity contribution < 1.29 is 4.79 Å². The zero-order valence-electron chi connectivity index (χ0n) is 13.5. The van der Waals surface area contributed by atoms with Crippen molar-refractivity contribution >= 4 is 5.91 Å². The molecule has 1 aliphatic heterocycles. The molecule has 1 amide bonds. The summed E-state index contributed by atoms with van der Waals surface area (Å²) < 4.78 is 3.95. The van der Waals surface area contributed by atoms with Crippen molar-refractivity contribution in [3.05, 3.63) is 35.7 Å². The van der Waals surface area contributed by atoms with Gasteiger partial charge in [0, 0.05) is 25.8 Å². The number of aromatic nitrogens is 4. The van der Waals surface area contributed by atoms with Gasteiger partial charge in [0.15, 0.2) is 0 Å². The summed E-state index contributed by atoms with van der Waals surface area (Å²) in [4.78, 5) is 19.0. The number of hydrogen-bond acceptors (Lipinski definition) is 3. The normalized spacial score (nSPS) is 15.0. The number of amides is 1. The molecule has 2 aromatic rings. The van der Waals surface area contributed by atoms with Crippen LogP contribution in [0.4, 0.5) is 0 Å². The molecule has 3 rings (SSSR count). The van der Waals surface area contributed by atoms with E-state index in [-0.39, 0.29) is 5.91 Å². The van der Waals surface area contributed by atoms with Crippen LogP contribution in [-0.4, -0.2) is 36.7 Å². The first-order chi connectivity index (χ1) is 10.6. The number of imidazole rings is 1. The smallest absolute Gasteiger partial charge is 0.272 e. The number of nitrogens with zero attached hydrogens (tertiary/aromatic N) is 5. The van der Waals surface area contributed by atoms with Crippen molar-refractivity contribution in [1.29, 1.82) is 0 Å². The summed E-state index contributed by atoms with van der Waals surface area (Å²) in [7, 11) is 0. The lowest BCUT2D eigenvalue weighted by atomic mass is 10.1. The fourth-order valence-electron chi connectivity index (χ4n) is 2.86. The molecule has 0 bridgehead atoms. The van der Waals surface area contributed by atoms with E-state index in [9.17, 15) is 4.79 Å². The molecule has 6 nitrogen and oxygen atoms in total. The SMILES string of the molecule is CCn1nc(C(C)C)cc1C(=O)N1CCCn2cncc2C1. The lowest BCUT2D eigenvalue weighted by molar-refractivity contribution is 0.0733. The first-order valence-electron chi connectivity index (χ1n) is 7.96. The van der Waals surface area contributed by atoms with Crippen LogP contribution < -0.4 is 0 Å². The molecule has 0 aromatic carbocycles. The second-order valence-electron chi connectivity index (χ2n) is 6.08. The van der Waals surface area contributed by atoms with Crippen LogP contribution in [0.3, 0.4) is 0 Å². The van der Waals surface area contributed by atoms with Gasteiger partial charge in [-0.2, -0.15) is 5.10 Å². The van der Waals surface area contributed by atoms with E-state index >= 15 is 0 Å². The Morgan fingerprint density at radius 1 is 1.36 bits per heavy atom. The highest BCUT2D eigenvalue weighted by atomic mass is 16.2. The van der Waals surface area contributed by atoms with E-state index < -0.39 is 0 Å². The van der Waals surface area contributed by atoms with Crippen molar-refractivity contribution in [2.45, 2.75) is 52.7 Å². The molecule has 0 saturated carbocycles. The van der Waals surface area contributed by atoms with Crippen molar-refractivity contribution in [2.75, 3.05) is 6.54 Å². The fourth-order valence-corrected chi connectivity index (χ4v) is 2.86. The second kappa shape index (κ2) is 5.94. The first-order valence-corrected chi connectivity index (χ1v) is 7.96. The second-order valence-corrected chi connectivity index (χ2v) is 6.08. The predicted molar refractivity (Wildman–Crippen MR) is 83.6 cm³/mol. The van der Waals surface area contributed by atoms with Crippen LogP contribution in [0.5, 0.6) is 0 Å². The van der Waals surface area contributed by atoms with Gasteiger partial charge in [-0.3, -0.25) is 9.48 Å². The molecule has 0 N–H and O–H groups in total. The monoisotopic (exact) mass is 301 g/mol. The number of carbonyl (C=O) groups is 1. The minimum atomic E-state index is 0.0656. The Kier molecular flexibility index (Phi) is 4.00. The zero-order chi connectivity index (χ0) is 15.7. The number of rotatable bonds is 3. The van der Waals surface area contributed by atoms with E-state index in [0.29, 0.717) is 24.7 Å². The van der Waals surface area contributed by atoms with Crippen LogP contribution in [0.15, 0.2) is 18.6 Å². The number of carbonyl (C=O) groups excluding carboxylic acids is 1. The third-order valence-electron chi connectivity index (χ3n) is 4.17. The molecule has 0 spiro atoms. The number of hydrogen-bond donors (Lipinski definition) is 0. The third kappa shape index (κ3) is 2.65. The molecule has 0 radical (unpaired) electrons. The van der Waals surface area contributed by atoms with E-state index in [0.717, 1.165) is 30.9 Å². The Morgan fingerprint density at radius 2 is 2.18 bits per heavy atom. The highest BCUT2D eigenvalue weighted by molar-refractivity contribution is 5.92. The molecule has 0 saturated heterocycles. The molecule has 0 aliphatic carbocycles. The van der Waals surface area contributed by atoms with Gasteiger partial charge >= 0.3 is 0 Å². The summed E-state index contributed by atoms with van der Waals surface area (Å²) in [6.45, 7) is 9.23. The molecule has 2 aromatic heterocycles. The molecule has 1 aliphatic rings. The number of aryl methyl sites for hydroxylation is 2. The maximum absolute atomic E-state index is 12.9. The van der Waals surface area contributed by atoms with E-state index in [1.165, 1.54) is 0 Å². The molecular formula is C16H23N5O. The van der Waals surface area contributed by atoms with Crippen LogP contribution in [0.25, 0.3) is 0 Å². The minimum Gasteiger partial charge on any atom is -0.333 e. The Balaban J connectivity index is 1.87. The van der Waals surface area contributed by atoms with E-state index in [2.05, 4.69) is 28.5 Å². The highest BCUT2D eigenvalue weighted by Gasteiger charge is 2.24. The van der Waals surface area contributed by atoms with Gasteiger partial charge in [-0.25, -0.2) is 4.98 Å². The van der Waals surface area contributed by atoms with E-state index in [4.69, 9.17) is 0 Å². The summed E-state index contributed by atoms with van der Waals surface area (Å²) >= 11 is 0. The van der Waals surface area contributed by atoms with Gasteiger partial charge in [0.05, 0.1) is 24.3 Å². The molecule has 22 heavy (non-hydrogen) atoms. The van der Waals surface area contributed by atoms with Crippen molar-refractivity contribution in [3.63, 3.8) is 0 Å². The maximum Gasteiger partial charge on any atom is 0.272 e. The topological polar surface area (TPSA) is 56.0 Å². The maximum atomic E-state index is 12.9. The summed E-state index contributed by atoms with van der Waals surface area (Å²) in [5.41, 5.74) is 2.77. The molecule has 6 heteroatoms. The zero-order valence-corrected chi connectivity index (χ0v) is 13.5. The van der Waals surface area contributed by atoms with Gasteiger partial charge in [-0.05, 0) is 25.3 Å². The largest absolute Gasteiger partial charge is 0.333 e. The van der Waals surface area contributed by atoms with Gasteiger partial charge < -0.3 is 9.47 Å². The van der Waals surface area contributed by atoms with Gasteiger partial charge in [0.1, 0.15) is 5.69 Å². The van der Waals surface area contributed by atoms with Crippen LogP contribution in [0, 0.1) is 0 Å². The fraction of sp³-hybridized carbons (Fsp3) is 0.562. The first kappa shape index (κ1) is 14.8. The van der Waals surface area contributed by atoms with Gasteiger partial charge in [-0.1, -0.05) is 13.8 Å². The van der Waals surface area contributed by atoms with E-state index in [1.54, 1.807) is 0 Å². The molecule has 0 unspecified atom stereocenters. The standard InChI is InChI=1S/C16H23N5O/c1-4-21-15(8-14(18-21)12(2)3)16(22)19-6-5-7-20-11-17-9-13(20)10-19/h8-9,11-12H,4-7,10H2,1-3H3. The lowest BCUT2D eigenvalue weighted by Crippen LogP contribution is -2.32. The van der Waals surface area contributed by atoms with Gasteiger partial charge in [0.25, 0.3) is 5.91 Å². The van der Waals surface area contributed by atoms with Gasteiger partial charge in [-0.15, -0.1) is 0 Å². The predicted octanol–water partition coefficient (Wildman–Crippen LogP) is 2.27. The molecule has 0 atom stereocenters. The van der Waals surface area contributed by atoms with Crippen LogP contribution in [0.1, 0.15) is 55.0 Å². The molecule has 0 fully saturated rings. The Hall–Kier alpha value is -2.11. The molecule has 3 heterocycles. The Bertz CT molecular complexity index is 670. The van der Waals surface area contributed by atoms with E-state index in [1.807, 2.05) is 35.1 Å². The molecular weight excluding hydrogens is 278 g/mol. The summed E-state index contributed by atoms with van der Waals surface area (Å²) in [5, 5.41) is 4.55. The van der Waals surface area contributed by atoms with Crippen LogP contribution in [0.2, 0.25) is 0 Å². The summed E-state index contributed by atoms with van der Waals surface area (Å²) in [6.07, 6.45) is 4.64. The quantitative estimate of drug-likeness (QED) is 0.874. The number of fused-ring (bicyclic) bond motifs is 1. The van der Waals surface area contributed by atoms with Crippen molar-refractivity contribution in [3.8, 4) is 0 Å². The minimum absolute atomic E-state index is 0.0656. The highest BCUT2D eigenvalue weighted by Crippen LogP contribution is 2.19. The van der Waals surface area contributed by atoms with Crippen molar-refractivity contribution in [2.24, 2.45) is 0 Å². The summed E-state index contributed by atoms with van der Waals surface area (Å²) in [6, 6.07) is 1.94. The van der Waals surface area contributed by atoms with Crippen LogP contribution in [-0.2, 0) is 19.6 Å². The summed E-state index contributed by atoms with van der Waals surface area (Å²) in [5.74, 6) is 0.390. The van der Waals surface area contributed by atoms with Gasteiger partial charge in [0.2, 0.25) is 0 Å². The average molecular weight is 301 g/mol. The molecule has 118 valence electrons. The average Bonchev–Trinajstić information content (AvgIpc) is 3.08. The third-order valence-corrected chi connectivity index (χ3v) is 4.17.